The molecule has 144 valence electrons. The van der Waals surface area contributed by atoms with Gasteiger partial charge in [0.1, 0.15) is 11.9 Å². The van der Waals surface area contributed by atoms with Crippen molar-refractivity contribution in [2.75, 3.05) is 0 Å². The Bertz CT molecular complexity index is 1050. The van der Waals surface area contributed by atoms with Crippen molar-refractivity contribution >= 4 is 27.5 Å². The van der Waals surface area contributed by atoms with Gasteiger partial charge in [0.25, 0.3) is 0 Å². The van der Waals surface area contributed by atoms with Crippen LogP contribution in [0.3, 0.4) is 0 Å². The van der Waals surface area contributed by atoms with Crippen molar-refractivity contribution in [2.45, 2.75) is 18.4 Å². The van der Waals surface area contributed by atoms with Crippen LogP contribution < -0.4 is 5.56 Å². The zero-order valence-electron chi connectivity index (χ0n) is 15.0. The Kier molecular flexibility index (Phi) is 6.42. The van der Waals surface area contributed by atoms with E-state index in [1.54, 1.807) is 31.4 Å². The molecule has 0 bridgehead atoms. The number of pyridine rings is 1. The number of benzene rings is 2. The van der Waals surface area contributed by atoms with Crippen LogP contribution in [0, 0.1) is 10.7 Å². The zero-order chi connectivity index (χ0) is 20.3. The number of rotatable bonds is 6. The Morgan fingerprint density at radius 3 is 2.39 bits per heavy atom. The van der Waals surface area contributed by atoms with Gasteiger partial charge < -0.3 is 4.57 Å². The summed E-state index contributed by atoms with van der Waals surface area (Å²) in [5.74, 6) is -0.851. The maximum absolute atomic E-state index is 14.7. The molecule has 1 heterocycles. The third-order valence-corrected chi connectivity index (χ3v) is 5.45. The molecular formula is C21H17BrClFN2O2. The van der Waals surface area contributed by atoms with Gasteiger partial charge in [-0.1, -0.05) is 50.9 Å². The van der Waals surface area contributed by atoms with Crippen LogP contribution in [0.5, 0.6) is 0 Å². The van der Waals surface area contributed by atoms with Crippen LogP contribution in [0.2, 0.25) is 5.02 Å². The molecule has 3 rings (SSSR count). The summed E-state index contributed by atoms with van der Waals surface area (Å²) in [6, 6.07) is 14.3. The largest absolute Gasteiger partial charge is 0.318 e. The van der Waals surface area contributed by atoms with E-state index in [2.05, 4.69) is 21.1 Å². The zero-order valence-corrected chi connectivity index (χ0v) is 17.3. The molecule has 1 aromatic heterocycles. The first kappa shape index (κ1) is 20.4. The van der Waals surface area contributed by atoms with E-state index in [9.17, 15) is 14.1 Å². The molecule has 0 N–H and O–H groups in total. The van der Waals surface area contributed by atoms with E-state index in [0.29, 0.717) is 16.1 Å². The average Bonchev–Trinajstić information content (AvgIpc) is 2.67. The highest BCUT2D eigenvalue weighted by atomic mass is 79.9. The first-order valence-corrected chi connectivity index (χ1v) is 9.75. The van der Waals surface area contributed by atoms with Gasteiger partial charge in [0.15, 0.2) is 0 Å². The molecule has 4 nitrogen and oxygen atoms in total. The maximum atomic E-state index is 14.7. The van der Waals surface area contributed by atoms with Crippen LogP contribution >= 0.6 is 27.5 Å². The van der Waals surface area contributed by atoms with E-state index in [1.807, 2.05) is 24.3 Å². The van der Waals surface area contributed by atoms with Crippen LogP contribution in [0.1, 0.15) is 35.1 Å². The summed E-state index contributed by atoms with van der Waals surface area (Å²) in [5, 5.41) is 3.57. The fourth-order valence-electron chi connectivity index (χ4n) is 3.20. The molecule has 2 atom stereocenters. The molecule has 0 saturated carbocycles. The Hall–Kier alpha value is -2.31. The number of nitrogens with zero attached hydrogens (tertiary/aromatic N) is 2. The van der Waals surface area contributed by atoms with Crippen molar-refractivity contribution in [3.05, 3.63) is 108 Å². The molecule has 28 heavy (non-hydrogen) atoms. The summed E-state index contributed by atoms with van der Waals surface area (Å²) in [5.41, 5.74) is 1.71. The molecule has 3 aromatic rings. The fourth-order valence-corrected chi connectivity index (χ4v) is 3.62. The Morgan fingerprint density at radius 2 is 1.79 bits per heavy atom. The molecule has 7 heteroatoms. The van der Waals surface area contributed by atoms with E-state index in [1.165, 1.54) is 16.7 Å². The quantitative estimate of drug-likeness (QED) is 0.423. The summed E-state index contributed by atoms with van der Waals surface area (Å²) in [4.78, 5) is 23.3. The number of hydrogen-bond donors (Lipinski definition) is 0. The third kappa shape index (κ3) is 4.56. The second kappa shape index (κ2) is 8.80. The summed E-state index contributed by atoms with van der Waals surface area (Å²) in [6.07, 6.45) is 1.84. The number of aryl methyl sites for hydroxylation is 1. The molecule has 0 aliphatic heterocycles. The van der Waals surface area contributed by atoms with Crippen LogP contribution in [0.15, 0.2) is 75.2 Å². The predicted molar refractivity (Wildman–Crippen MR) is 112 cm³/mol. The molecule has 0 aliphatic rings. The molecule has 0 aliphatic carbocycles. The van der Waals surface area contributed by atoms with Gasteiger partial charge in [-0.2, -0.15) is 4.91 Å². The van der Waals surface area contributed by atoms with Crippen LogP contribution in [-0.2, 0) is 7.05 Å². The minimum Gasteiger partial charge on any atom is -0.318 e. The Balaban J connectivity index is 2.04. The second-order valence-electron chi connectivity index (χ2n) is 6.54. The van der Waals surface area contributed by atoms with Crippen molar-refractivity contribution in [1.29, 1.82) is 0 Å². The van der Waals surface area contributed by atoms with Gasteiger partial charge >= 0.3 is 0 Å². The molecule has 2 aromatic carbocycles. The van der Waals surface area contributed by atoms with Gasteiger partial charge in [0.2, 0.25) is 5.56 Å². The van der Waals surface area contributed by atoms with Gasteiger partial charge in [-0.05, 0) is 53.4 Å². The van der Waals surface area contributed by atoms with E-state index in [0.717, 1.165) is 10.0 Å². The molecule has 2 unspecified atom stereocenters. The minimum atomic E-state index is -0.740. The first-order chi connectivity index (χ1) is 13.4. The standard InChI is InChI=1S/C21H17BrClFN2O2/c1-26-12-14(4-9-21(26)27)20(25-28)11-18(13-2-5-15(22)6-3-13)17-8-7-16(23)10-19(17)24/h2-10,12,18,20H,11H2,1H3. The highest BCUT2D eigenvalue weighted by Gasteiger charge is 2.25. The lowest BCUT2D eigenvalue weighted by Gasteiger charge is -2.22. The van der Waals surface area contributed by atoms with Gasteiger partial charge in [-0.15, -0.1) is 0 Å². The third-order valence-electron chi connectivity index (χ3n) is 4.69. The number of hydrogen-bond acceptors (Lipinski definition) is 3. The van der Waals surface area contributed by atoms with Gasteiger partial charge in [-0.25, -0.2) is 4.39 Å². The first-order valence-electron chi connectivity index (χ1n) is 8.58. The summed E-state index contributed by atoms with van der Waals surface area (Å²) in [6.45, 7) is 0. The number of halogens is 3. The summed E-state index contributed by atoms with van der Waals surface area (Å²) in [7, 11) is 1.61. The molecule has 0 radical (unpaired) electrons. The smallest absolute Gasteiger partial charge is 0.250 e. The maximum Gasteiger partial charge on any atom is 0.250 e. The normalized spacial score (nSPS) is 13.1. The lowest BCUT2D eigenvalue weighted by atomic mass is 9.84. The SMILES string of the molecule is Cn1cc(C(CC(c2ccc(Br)cc2)c2ccc(Cl)cc2F)N=O)ccc1=O. The Labute approximate surface area is 175 Å². The van der Waals surface area contributed by atoms with Crippen molar-refractivity contribution in [3.8, 4) is 0 Å². The van der Waals surface area contributed by atoms with Crippen molar-refractivity contribution in [2.24, 2.45) is 12.2 Å². The van der Waals surface area contributed by atoms with E-state index in [-0.39, 0.29) is 12.0 Å². The lowest BCUT2D eigenvalue weighted by molar-refractivity contribution is 0.548. The van der Waals surface area contributed by atoms with Crippen LogP contribution in [0.4, 0.5) is 4.39 Å². The Morgan fingerprint density at radius 1 is 1.11 bits per heavy atom. The molecule has 0 amide bonds. The highest BCUT2D eigenvalue weighted by Crippen LogP contribution is 2.37. The van der Waals surface area contributed by atoms with Crippen LogP contribution in [0.25, 0.3) is 0 Å². The number of aromatic nitrogens is 1. The lowest BCUT2D eigenvalue weighted by Crippen LogP contribution is -2.16. The van der Waals surface area contributed by atoms with Crippen LogP contribution in [-0.4, -0.2) is 4.57 Å². The van der Waals surface area contributed by atoms with E-state index >= 15 is 0 Å². The molecule has 0 fully saturated rings. The average molecular weight is 464 g/mol. The van der Waals surface area contributed by atoms with Gasteiger partial charge in [0, 0.05) is 34.7 Å². The van der Waals surface area contributed by atoms with Crippen molar-refractivity contribution < 1.29 is 4.39 Å². The van der Waals surface area contributed by atoms with Crippen molar-refractivity contribution in [1.82, 2.24) is 4.57 Å². The monoisotopic (exact) mass is 462 g/mol. The number of nitroso groups, excluding NO2 is 1. The van der Waals surface area contributed by atoms with Gasteiger partial charge in [-0.3, -0.25) is 4.79 Å². The van der Waals surface area contributed by atoms with E-state index in [4.69, 9.17) is 11.6 Å². The van der Waals surface area contributed by atoms with E-state index < -0.39 is 17.8 Å². The predicted octanol–water partition coefficient (Wildman–Crippen LogP) is 5.97. The second-order valence-corrected chi connectivity index (χ2v) is 7.89. The van der Waals surface area contributed by atoms with Crippen molar-refractivity contribution in [3.63, 3.8) is 0 Å². The molecule has 0 saturated heterocycles. The molecule has 0 spiro atoms. The highest BCUT2D eigenvalue weighted by molar-refractivity contribution is 9.10. The molecular weight excluding hydrogens is 447 g/mol. The van der Waals surface area contributed by atoms with Gasteiger partial charge in [0.05, 0.1) is 0 Å². The fraction of sp³-hybridized carbons (Fsp3) is 0.190. The summed E-state index contributed by atoms with van der Waals surface area (Å²) >= 11 is 9.30. The topological polar surface area (TPSA) is 51.4 Å². The summed E-state index contributed by atoms with van der Waals surface area (Å²) < 4.78 is 17.0. The minimum absolute atomic E-state index is 0.179.